The highest BCUT2D eigenvalue weighted by Crippen LogP contribution is 2.41. The van der Waals surface area contributed by atoms with Crippen LogP contribution in [0.15, 0.2) is 36.4 Å². The van der Waals surface area contributed by atoms with Crippen molar-refractivity contribution in [3.63, 3.8) is 0 Å². The van der Waals surface area contributed by atoms with E-state index in [4.69, 9.17) is 4.74 Å². The van der Waals surface area contributed by atoms with E-state index < -0.39 is 16.4 Å². The van der Waals surface area contributed by atoms with Gasteiger partial charge in [-0.15, -0.1) is 0 Å². The number of ketones is 1. The van der Waals surface area contributed by atoms with Crippen molar-refractivity contribution in [3.05, 3.63) is 64.2 Å². The van der Waals surface area contributed by atoms with Gasteiger partial charge < -0.3 is 4.74 Å². The van der Waals surface area contributed by atoms with Crippen molar-refractivity contribution in [2.24, 2.45) is 5.41 Å². The molecule has 0 aliphatic rings. The van der Waals surface area contributed by atoms with Crippen molar-refractivity contribution >= 4 is 16.8 Å². The zero-order valence-electron chi connectivity index (χ0n) is 22.5. The van der Waals surface area contributed by atoms with Crippen molar-refractivity contribution in [3.8, 4) is 5.75 Å². The highest BCUT2D eigenvalue weighted by Gasteiger charge is 2.31. The predicted molar refractivity (Wildman–Crippen MR) is 144 cm³/mol. The molecule has 0 radical (unpaired) electrons. The number of Topliss-reactive ketones (excluding diaryl/α,β-unsaturated/α-hetero) is 1. The Kier molecular flexibility index (Phi) is 9.67. The molecule has 4 nitrogen and oxygen atoms in total. The molecule has 1 atom stereocenters. The quantitative estimate of drug-likeness (QED) is 0.392. The maximum absolute atomic E-state index is 12.3. The van der Waals surface area contributed by atoms with Crippen molar-refractivity contribution in [1.29, 1.82) is 0 Å². The standard InChI is InChI=1S/C29H43NO3S/c1-10-29(11-2,24-13-12-23(21(5)16-24)18-30-34(32)20(3)4)25-14-15-26(22(6)17-25)33-19-27(31)28(7,8)9/h12-17,20,30H,10-11,18-19H2,1-9H3. The van der Waals surface area contributed by atoms with Gasteiger partial charge in [-0.25, -0.2) is 8.93 Å². The summed E-state index contributed by atoms with van der Waals surface area (Å²) in [6, 6.07) is 13.0. The average molecular weight is 486 g/mol. The van der Waals surface area contributed by atoms with Gasteiger partial charge in [0.1, 0.15) is 12.4 Å². The summed E-state index contributed by atoms with van der Waals surface area (Å²) in [4.78, 5) is 12.3. The van der Waals surface area contributed by atoms with Crippen LogP contribution in [0.5, 0.6) is 5.75 Å². The van der Waals surface area contributed by atoms with Crippen LogP contribution < -0.4 is 9.46 Å². The molecule has 0 aliphatic heterocycles. The van der Waals surface area contributed by atoms with E-state index in [0.29, 0.717) is 6.54 Å². The lowest BCUT2D eigenvalue weighted by molar-refractivity contribution is -0.128. The van der Waals surface area contributed by atoms with E-state index in [1.165, 1.54) is 22.3 Å². The molecule has 2 aromatic rings. The lowest BCUT2D eigenvalue weighted by Crippen LogP contribution is -2.28. The van der Waals surface area contributed by atoms with E-state index in [0.717, 1.165) is 24.2 Å². The number of ether oxygens (including phenoxy) is 1. The molecule has 0 aromatic heterocycles. The van der Waals surface area contributed by atoms with E-state index in [1.54, 1.807) is 0 Å². The largest absolute Gasteiger partial charge is 0.486 e. The first-order valence-electron chi connectivity index (χ1n) is 12.4. The molecule has 5 heteroatoms. The van der Waals surface area contributed by atoms with E-state index >= 15 is 0 Å². The van der Waals surface area contributed by atoms with Crippen LogP contribution in [0.2, 0.25) is 0 Å². The molecule has 0 aliphatic carbocycles. The zero-order chi connectivity index (χ0) is 25.7. The number of aryl methyl sites for hydroxylation is 2. The summed E-state index contributed by atoms with van der Waals surface area (Å²) in [5.41, 5.74) is 5.45. The SMILES string of the molecule is CCC(CC)(c1ccc(CNS(=O)C(C)C)c(C)c1)c1ccc(OCC(=O)C(C)(C)C)c(C)c1. The van der Waals surface area contributed by atoms with Crippen LogP contribution in [0, 0.1) is 19.3 Å². The van der Waals surface area contributed by atoms with Gasteiger partial charge >= 0.3 is 0 Å². The number of hydrogen-bond acceptors (Lipinski definition) is 3. The summed E-state index contributed by atoms with van der Waals surface area (Å²) in [6.07, 6.45) is 1.94. The van der Waals surface area contributed by atoms with Crippen LogP contribution in [-0.2, 0) is 27.7 Å². The Morgan fingerprint density at radius 1 is 0.971 bits per heavy atom. The minimum atomic E-state index is -1.03. The third kappa shape index (κ3) is 6.57. The second kappa shape index (κ2) is 11.6. The number of nitrogens with one attached hydrogen (secondary N) is 1. The van der Waals surface area contributed by atoms with Gasteiger partial charge in [0.15, 0.2) is 5.78 Å². The lowest BCUT2D eigenvalue weighted by atomic mass is 9.70. The fraction of sp³-hybridized carbons (Fsp3) is 0.552. The topological polar surface area (TPSA) is 55.4 Å². The smallest absolute Gasteiger partial charge is 0.175 e. The van der Waals surface area contributed by atoms with Gasteiger partial charge in [-0.05, 0) is 74.4 Å². The summed E-state index contributed by atoms with van der Waals surface area (Å²) in [5.74, 6) is 0.855. The third-order valence-corrected chi connectivity index (χ3v) is 8.14. The molecule has 0 amide bonds. The maximum Gasteiger partial charge on any atom is 0.175 e. The van der Waals surface area contributed by atoms with Crippen molar-refractivity contribution in [2.45, 2.75) is 92.4 Å². The molecule has 0 fully saturated rings. The zero-order valence-corrected chi connectivity index (χ0v) is 23.3. The monoisotopic (exact) mass is 485 g/mol. The molecule has 34 heavy (non-hydrogen) atoms. The minimum Gasteiger partial charge on any atom is -0.486 e. The number of carbonyl (C=O) groups is 1. The van der Waals surface area contributed by atoms with Gasteiger partial charge in [-0.2, -0.15) is 0 Å². The number of rotatable bonds is 11. The van der Waals surface area contributed by atoms with E-state index in [1.807, 2.05) is 47.6 Å². The third-order valence-electron chi connectivity index (χ3n) is 6.86. The number of carbonyl (C=O) groups excluding carboxylic acids is 1. The van der Waals surface area contributed by atoms with Gasteiger partial charge in [-0.1, -0.05) is 65.0 Å². The summed E-state index contributed by atoms with van der Waals surface area (Å²) < 4.78 is 21.1. The molecule has 0 saturated heterocycles. The number of hydrogen-bond donors (Lipinski definition) is 1. The molecule has 188 valence electrons. The summed E-state index contributed by atoms with van der Waals surface area (Å²) >= 11 is 0. The molecular formula is C29H43NO3S. The normalized spacial score (nSPS) is 13.2. The highest BCUT2D eigenvalue weighted by atomic mass is 32.2. The Morgan fingerprint density at radius 3 is 2.00 bits per heavy atom. The maximum atomic E-state index is 12.3. The summed E-state index contributed by atoms with van der Waals surface area (Å²) in [5, 5.41) is 0.0918. The van der Waals surface area contributed by atoms with Gasteiger partial charge in [0, 0.05) is 22.6 Å². The molecule has 1 N–H and O–H groups in total. The number of benzene rings is 2. The van der Waals surface area contributed by atoms with Crippen LogP contribution >= 0.6 is 0 Å². The molecule has 2 aromatic carbocycles. The molecule has 0 bridgehead atoms. The fourth-order valence-corrected chi connectivity index (χ4v) is 4.84. The van der Waals surface area contributed by atoms with Crippen LogP contribution in [0.4, 0.5) is 0 Å². The summed E-state index contributed by atoms with van der Waals surface area (Å²) in [6.45, 7) is 19.0. The molecule has 1 unspecified atom stereocenters. The Labute approximate surface area is 209 Å². The fourth-order valence-electron chi connectivity index (χ4n) is 4.21. The van der Waals surface area contributed by atoms with Crippen LogP contribution in [0.1, 0.15) is 89.1 Å². The Bertz CT molecular complexity index is 1020. The van der Waals surface area contributed by atoms with E-state index in [-0.39, 0.29) is 23.1 Å². The van der Waals surface area contributed by atoms with Crippen LogP contribution in [0.25, 0.3) is 0 Å². The lowest BCUT2D eigenvalue weighted by Gasteiger charge is -2.34. The van der Waals surface area contributed by atoms with Gasteiger partial charge in [-0.3, -0.25) is 4.79 Å². The second-order valence-corrected chi connectivity index (χ2v) is 12.4. The highest BCUT2D eigenvalue weighted by molar-refractivity contribution is 7.83. The Morgan fingerprint density at radius 2 is 1.53 bits per heavy atom. The first kappa shape index (κ1) is 28.3. The van der Waals surface area contributed by atoms with Crippen LogP contribution in [0.3, 0.4) is 0 Å². The Hall–Kier alpha value is -1.98. The van der Waals surface area contributed by atoms with Crippen molar-refractivity contribution < 1.29 is 13.7 Å². The van der Waals surface area contributed by atoms with Gasteiger partial charge in [0.25, 0.3) is 0 Å². The average Bonchev–Trinajstić information content (AvgIpc) is 2.78. The van der Waals surface area contributed by atoms with Crippen molar-refractivity contribution in [2.75, 3.05) is 6.61 Å². The van der Waals surface area contributed by atoms with Crippen LogP contribution in [-0.4, -0.2) is 21.8 Å². The first-order chi connectivity index (χ1) is 15.9. The Balaban J connectivity index is 2.32. The molecule has 0 spiro atoms. The van der Waals surface area contributed by atoms with E-state index in [9.17, 15) is 9.00 Å². The van der Waals surface area contributed by atoms with Crippen molar-refractivity contribution in [1.82, 2.24) is 4.72 Å². The van der Waals surface area contributed by atoms with Gasteiger partial charge in [0.05, 0.1) is 11.0 Å². The molecule has 2 rings (SSSR count). The first-order valence-corrected chi connectivity index (χ1v) is 13.6. The molecule has 0 heterocycles. The molecule has 0 saturated carbocycles. The molecular weight excluding hydrogens is 442 g/mol. The predicted octanol–water partition coefficient (Wildman–Crippen LogP) is 6.57. The van der Waals surface area contributed by atoms with E-state index in [2.05, 4.69) is 55.8 Å². The second-order valence-electron chi connectivity index (χ2n) is 10.5. The summed E-state index contributed by atoms with van der Waals surface area (Å²) in [7, 11) is -1.03. The minimum absolute atomic E-state index is 0.0900. The van der Waals surface area contributed by atoms with Gasteiger partial charge in [0.2, 0.25) is 0 Å².